The van der Waals surface area contributed by atoms with E-state index in [4.69, 9.17) is 9.84 Å². The van der Waals surface area contributed by atoms with Gasteiger partial charge >= 0.3 is 0 Å². The number of aromatic nitrogens is 4. The monoisotopic (exact) mass is 254 g/mol. The van der Waals surface area contributed by atoms with Gasteiger partial charge in [-0.3, -0.25) is 4.57 Å². The van der Waals surface area contributed by atoms with E-state index in [1.807, 2.05) is 0 Å². The first kappa shape index (κ1) is 11.5. The number of imidazole rings is 1. The Morgan fingerprint density at radius 2 is 2.28 bits per heavy atom. The van der Waals surface area contributed by atoms with E-state index in [9.17, 15) is 9.50 Å². The highest BCUT2D eigenvalue weighted by molar-refractivity contribution is 5.68. The summed E-state index contributed by atoms with van der Waals surface area (Å²) in [5, 5.41) is 18.6. The fourth-order valence-electron chi connectivity index (χ4n) is 2.05. The molecular formula is C10H11FN4O3. The van der Waals surface area contributed by atoms with Gasteiger partial charge in [0.15, 0.2) is 18.0 Å². The lowest BCUT2D eigenvalue weighted by atomic mass is 10.1. The molecule has 0 spiro atoms. The smallest absolute Gasteiger partial charge is 0.173 e. The lowest BCUT2D eigenvalue weighted by Crippen LogP contribution is -2.30. The van der Waals surface area contributed by atoms with Gasteiger partial charge < -0.3 is 14.9 Å². The van der Waals surface area contributed by atoms with Gasteiger partial charge in [-0.05, 0) is 0 Å². The lowest BCUT2D eigenvalue weighted by molar-refractivity contribution is -0.0459. The second-order valence-electron chi connectivity index (χ2n) is 4.07. The molecule has 8 heteroatoms. The second kappa shape index (κ2) is 4.23. The van der Waals surface area contributed by atoms with Gasteiger partial charge in [0.1, 0.15) is 24.1 Å². The van der Waals surface area contributed by atoms with Crippen molar-refractivity contribution < 1.29 is 19.3 Å². The van der Waals surface area contributed by atoms with Gasteiger partial charge in [-0.1, -0.05) is 0 Å². The summed E-state index contributed by atoms with van der Waals surface area (Å²) in [7, 11) is 0. The molecule has 0 bridgehead atoms. The zero-order chi connectivity index (χ0) is 12.7. The molecule has 3 heterocycles. The average molecular weight is 254 g/mol. The third-order valence-corrected chi connectivity index (χ3v) is 2.99. The fraction of sp³-hybridized carbons (Fsp3) is 0.500. The molecular weight excluding hydrogens is 243 g/mol. The van der Waals surface area contributed by atoms with Crippen molar-refractivity contribution in [2.75, 3.05) is 6.61 Å². The molecule has 1 saturated heterocycles. The Labute approximate surface area is 101 Å². The molecule has 3 rings (SSSR count). The van der Waals surface area contributed by atoms with Crippen LogP contribution in [0.3, 0.4) is 0 Å². The van der Waals surface area contributed by atoms with Crippen LogP contribution in [-0.4, -0.2) is 54.7 Å². The van der Waals surface area contributed by atoms with Gasteiger partial charge in [0.2, 0.25) is 0 Å². The summed E-state index contributed by atoms with van der Waals surface area (Å²) >= 11 is 0. The summed E-state index contributed by atoms with van der Waals surface area (Å²) in [6.45, 7) is -0.445. The summed E-state index contributed by atoms with van der Waals surface area (Å²) in [6, 6.07) is 0. The number of hydrogen-bond donors (Lipinski definition) is 2. The highest BCUT2D eigenvalue weighted by atomic mass is 19.1. The number of fused-ring (bicyclic) bond motifs is 1. The Kier molecular flexibility index (Phi) is 2.69. The molecule has 2 aromatic heterocycles. The third-order valence-electron chi connectivity index (χ3n) is 2.99. The number of nitrogens with zero attached hydrogens (tertiary/aromatic N) is 4. The molecule has 0 unspecified atom stereocenters. The van der Waals surface area contributed by atoms with Crippen molar-refractivity contribution in [1.82, 2.24) is 19.5 Å². The molecule has 0 radical (unpaired) electrons. The molecule has 18 heavy (non-hydrogen) atoms. The van der Waals surface area contributed by atoms with Gasteiger partial charge in [-0.15, -0.1) is 0 Å². The SMILES string of the molecule is OC[C@@H]1O[C@H](n2cnc3cncnc32)[C@H](F)[C@H]1O. The maximum Gasteiger partial charge on any atom is 0.173 e. The molecule has 1 fully saturated rings. The van der Waals surface area contributed by atoms with Gasteiger partial charge in [0, 0.05) is 0 Å². The van der Waals surface area contributed by atoms with Gasteiger partial charge in [0.05, 0.1) is 19.1 Å². The van der Waals surface area contributed by atoms with Crippen LogP contribution in [0.25, 0.3) is 11.2 Å². The van der Waals surface area contributed by atoms with Crippen molar-refractivity contribution in [2.45, 2.75) is 24.6 Å². The van der Waals surface area contributed by atoms with Crippen molar-refractivity contribution >= 4 is 11.2 Å². The van der Waals surface area contributed by atoms with Gasteiger partial charge in [-0.2, -0.15) is 0 Å². The molecule has 2 N–H and O–H groups in total. The molecule has 0 aromatic carbocycles. The summed E-state index contributed by atoms with van der Waals surface area (Å²) in [5.41, 5.74) is 0.929. The summed E-state index contributed by atoms with van der Waals surface area (Å²) in [4.78, 5) is 11.8. The highest BCUT2D eigenvalue weighted by Gasteiger charge is 2.45. The Balaban J connectivity index is 2.00. The first-order valence-electron chi connectivity index (χ1n) is 5.43. The zero-order valence-corrected chi connectivity index (χ0v) is 9.22. The number of rotatable bonds is 2. The van der Waals surface area contributed by atoms with Crippen LogP contribution in [0.4, 0.5) is 4.39 Å². The normalized spacial score (nSPS) is 32.2. The molecule has 1 aliphatic rings. The van der Waals surface area contributed by atoms with Crippen molar-refractivity contribution in [3.63, 3.8) is 0 Å². The lowest BCUT2D eigenvalue weighted by Gasteiger charge is -2.14. The van der Waals surface area contributed by atoms with Crippen molar-refractivity contribution in [3.8, 4) is 0 Å². The molecule has 0 amide bonds. The molecule has 96 valence electrons. The van der Waals surface area contributed by atoms with Crippen LogP contribution < -0.4 is 0 Å². The Morgan fingerprint density at radius 3 is 3.00 bits per heavy atom. The van der Waals surface area contributed by atoms with Gasteiger partial charge in [0.25, 0.3) is 0 Å². The largest absolute Gasteiger partial charge is 0.394 e. The molecule has 7 nitrogen and oxygen atoms in total. The van der Waals surface area contributed by atoms with E-state index in [-0.39, 0.29) is 0 Å². The minimum Gasteiger partial charge on any atom is -0.394 e. The quantitative estimate of drug-likeness (QED) is 0.744. The zero-order valence-electron chi connectivity index (χ0n) is 9.22. The Hall–Kier alpha value is -1.64. The molecule has 0 aliphatic carbocycles. The van der Waals surface area contributed by atoms with E-state index in [1.54, 1.807) is 0 Å². The topological polar surface area (TPSA) is 93.3 Å². The maximum absolute atomic E-state index is 13.9. The molecule has 4 atom stereocenters. The standard InChI is InChI=1S/C10H11FN4O3/c11-7-8(17)6(2-16)18-10(7)15-4-14-5-1-12-3-13-9(5)15/h1,3-4,6-8,10,16-17H,2H2/t6-,7+,8-,10-/m0/s1. The van der Waals surface area contributed by atoms with E-state index >= 15 is 0 Å². The minimum absolute atomic E-state index is 0.420. The van der Waals surface area contributed by atoms with Crippen LogP contribution in [0, 0.1) is 0 Å². The van der Waals surface area contributed by atoms with E-state index in [0.29, 0.717) is 11.2 Å². The Bertz CT molecular complexity index is 563. The maximum atomic E-state index is 13.9. The molecule has 2 aromatic rings. The summed E-state index contributed by atoms with van der Waals surface area (Å²) in [5.74, 6) is 0. The molecule has 1 aliphatic heterocycles. The number of ether oxygens (including phenoxy) is 1. The van der Waals surface area contributed by atoms with Crippen LogP contribution in [0.5, 0.6) is 0 Å². The van der Waals surface area contributed by atoms with Crippen LogP contribution in [0.15, 0.2) is 18.9 Å². The highest BCUT2D eigenvalue weighted by Crippen LogP contribution is 2.33. The number of halogens is 1. The first-order valence-corrected chi connectivity index (χ1v) is 5.43. The van der Waals surface area contributed by atoms with Crippen molar-refractivity contribution in [2.24, 2.45) is 0 Å². The van der Waals surface area contributed by atoms with E-state index in [2.05, 4.69) is 15.0 Å². The predicted molar refractivity (Wildman–Crippen MR) is 57.2 cm³/mol. The van der Waals surface area contributed by atoms with Gasteiger partial charge in [-0.25, -0.2) is 19.3 Å². The van der Waals surface area contributed by atoms with E-state index < -0.39 is 31.2 Å². The fourth-order valence-corrected chi connectivity index (χ4v) is 2.05. The Morgan fingerprint density at radius 1 is 1.44 bits per heavy atom. The summed E-state index contributed by atoms with van der Waals surface area (Å²) < 4.78 is 20.6. The predicted octanol–water partition coefficient (Wildman–Crippen LogP) is -0.585. The summed E-state index contributed by atoms with van der Waals surface area (Å²) in [6.07, 6.45) is -0.790. The third kappa shape index (κ3) is 1.57. The van der Waals surface area contributed by atoms with Crippen molar-refractivity contribution in [1.29, 1.82) is 0 Å². The van der Waals surface area contributed by atoms with E-state index in [1.165, 1.54) is 23.4 Å². The number of alkyl halides is 1. The van der Waals surface area contributed by atoms with Crippen LogP contribution in [-0.2, 0) is 4.74 Å². The first-order chi connectivity index (χ1) is 8.72. The second-order valence-corrected chi connectivity index (χ2v) is 4.07. The van der Waals surface area contributed by atoms with Crippen LogP contribution in [0.1, 0.15) is 6.23 Å². The van der Waals surface area contributed by atoms with Crippen molar-refractivity contribution in [3.05, 3.63) is 18.9 Å². The minimum atomic E-state index is -1.64. The average Bonchev–Trinajstić information content (AvgIpc) is 2.93. The van der Waals surface area contributed by atoms with Crippen LogP contribution >= 0.6 is 0 Å². The van der Waals surface area contributed by atoms with E-state index in [0.717, 1.165) is 0 Å². The van der Waals surface area contributed by atoms with Crippen LogP contribution in [0.2, 0.25) is 0 Å². The number of aliphatic hydroxyl groups excluding tert-OH is 2. The molecule has 0 saturated carbocycles. The number of hydrogen-bond acceptors (Lipinski definition) is 6. The number of aliphatic hydroxyl groups is 2.